The smallest absolute Gasteiger partial charge is 0.0529 e. The Bertz CT molecular complexity index is 182. The van der Waals surface area contributed by atoms with Crippen molar-refractivity contribution in [1.29, 1.82) is 0 Å². The highest BCUT2D eigenvalue weighted by molar-refractivity contribution is 5.79. The zero-order valence-corrected chi connectivity index (χ0v) is 7.76. The normalized spacial score (nSPS) is 14.0. The SMILES string of the molecule is C=N/N=C\C(=C/C)C(C)(C)C. The van der Waals surface area contributed by atoms with E-state index in [4.69, 9.17) is 0 Å². The van der Waals surface area contributed by atoms with Gasteiger partial charge in [0.2, 0.25) is 0 Å². The molecule has 0 aliphatic heterocycles. The van der Waals surface area contributed by atoms with Crippen LogP contribution in [0, 0.1) is 5.41 Å². The molecule has 0 aliphatic carbocycles. The molecule has 0 aromatic carbocycles. The molecule has 0 fully saturated rings. The molecule has 0 spiro atoms. The van der Waals surface area contributed by atoms with Gasteiger partial charge in [-0.15, -0.1) is 0 Å². The van der Waals surface area contributed by atoms with Gasteiger partial charge in [0, 0.05) is 6.72 Å². The van der Waals surface area contributed by atoms with E-state index < -0.39 is 0 Å². The third-order valence-corrected chi connectivity index (χ3v) is 1.46. The highest BCUT2D eigenvalue weighted by atomic mass is 15.2. The van der Waals surface area contributed by atoms with Crippen molar-refractivity contribution in [3.63, 3.8) is 0 Å². The van der Waals surface area contributed by atoms with E-state index >= 15 is 0 Å². The molecule has 0 heterocycles. The van der Waals surface area contributed by atoms with Crippen molar-refractivity contribution in [1.82, 2.24) is 0 Å². The quantitative estimate of drug-likeness (QED) is 0.429. The summed E-state index contributed by atoms with van der Waals surface area (Å²) < 4.78 is 0. The summed E-state index contributed by atoms with van der Waals surface area (Å²) in [6.07, 6.45) is 3.78. The van der Waals surface area contributed by atoms with Crippen molar-refractivity contribution in [2.75, 3.05) is 0 Å². The Hall–Kier alpha value is -0.920. The van der Waals surface area contributed by atoms with Crippen LogP contribution >= 0.6 is 0 Å². The van der Waals surface area contributed by atoms with Gasteiger partial charge in [0.25, 0.3) is 0 Å². The van der Waals surface area contributed by atoms with Crippen LogP contribution in [0.2, 0.25) is 0 Å². The number of hydrogen-bond acceptors (Lipinski definition) is 2. The van der Waals surface area contributed by atoms with Crippen LogP contribution < -0.4 is 0 Å². The topological polar surface area (TPSA) is 24.7 Å². The second-order valence-electron chi connectivity index (χ2n) is 3.38. The molecule has 62 valence electrons. The van der Waals surface area contributed by atoms with Gasteiger partial charge in [-0.3, -0.25) is 0 Å². The summed E-state index contributed by atoms with van der Waals surface area (Å²) in [5, 5.41) is 7.15. The van der Waals surface area contributed by atoms with Crippen molar-refractivity contribution in [3.05, 3.63) is 11.6 Å². The maximum Gasteiger partial charge on any atom is 0.0529 e. The fraction of sp³-hybridized carbons (Fsp3) is 0.556. The highest BCUT2D eigenvalue weighted by Gasteiger charge is 2.13. The van der Waals surface area contributed by atoms with E-state index in [1.165, 1.54) is 5.57 Å². The minimum Gasteiger partial charge on any atom is -0.167 e. The van der Waals surface area contributed by atoms with Crippen molar-refractivity contribution >= 4 is 12.9 Å². The molecule has 0 aliphatic rings. The second-order valence-corrected chi connectivity index (χ2v) is 3.38. The molecule has 0 saturated heterocycles. The summed E-state index contributed by atoms with van der Waals surface area (Å²) >= 11 is 0. The summed E-state index contributed by atoms with van der Waals surface area (Å²) in [7, 11) is 0. The molecule has 0 aromatic rings. The van der Waals surface area contributed by atoms with Crippen LogP contribution in [0.5, 0.6) is 0 Å². The Morgan fingerprint density at radius 1 is 1.36 bits per heavy atom. The third-order valence-electron chi connectivity index (χ3n) is 1.46. The molecule has 0 aromatic heterocycles. The zero-order valence-electron chi connectivity index (χ0n) is 7.76. The van der Waals surface area contributed by atoms with Crippen LogP contribution in [0.15, 0.2) is 21.9 Å². The van der Waals surface area contributed by atoms with E-state index in [2.05, 4.69) is 37.7 Å². The lowest BCUT2D eigenvalue weighted by molar-refractivity contribution is 0.525. The van der Waals surface area contributed by atoms with Gasteiger partial charge in [-0.05, 0) is 17.9 Å². The fourth-order valence-corrected chi connectivity index (χ4v) is 0.804. The van der Waals surface area contributed by atoms with Gasteiger partial charge in [-0.25, -0.2) is 0 Å². The molecule has 0 atom stereocenters. The molecule has 2 heteroatoms. The van der Waals surface area contributed by atoms with Gasteiger partial charge in [-0.2, -0.15) is 10.2 Å². The first-order valence-corrected chi connectivity index (χ1v) is 3.68. The average Bonchev–Trinajstić information content (AvgIpc) is 1.87. The lowest BCUT2D eigenvalue weighted by atomic mass is 9.87. The lowest BCUT2D eigenvalue weighted by Gasteiger charge is -2.18. The van der Waals surface area contributed by atoms with E-state index in [0.717, 1.165) is 0 Å². The maximum absolute atomic E-state index is 3.73. The zero-order chi connectivity index (χ0) is 8.91. The van der Waals surface area contributed by atoms with Gasteiger partial charge in [0.15, 0.2) is 0 Å². The molecule has 0 saturated carbocycles. The van der Waals surface area contributed by atoms with E-state index in [1.54, 1.807) is 6.21 Å². The Morgan fingerprint density at radius 2 is 1.91 bits per heavy atom. The average molecular weight is 152 g/mol. The minimum atomic E-state index is 0.142. The van der Waals surface area contributed by atoms with Crippen LogP contribution in [-0.2, 0) is 0 Å². The number of rotatable bonds is 2. The van der Waals surface area contributed by atoms with E-state index in [9.17, 15) is 0 Å². The predicted molar refractivity (Wildman–Crippen MR) is 51.3 cm³/mol. The van der Waals surface area contributed by atoms with E-state index in [-0.39, 0.29) is 5.41 Å². The van der Waals surface area contributed by atoms with E-state index in [0.29, 0.717) is 0 Å². The Morgan fingerprint density at radius 3 is 2.18 bits per heavy atom. The highest BCUT2D eigenvalue weighted by Crippen LogP contribution is 2.23. The van der Waals surface area contributed by atoms with Crippen LogP contribution in [0.3, 0.4) is 0 Å². The van der Waals surface area contributed by atoms with Crippen molar-refractivity contribution in [2.45, 2.75) is 27.7 Å². The van der Waals surface area contributed by atoms with Crippen LogP contribution in [0.1, 0.15) is 27.7 Å². The van der Waals surface area contributed by atoms with Gasteiger partial charge in [0.1, 0.15) is 0 Å². The Labute approximate surface area is 68.7 Å². The summed E-state index contributed by atoms with van der Waals surface area (Å²) in [5.74, 6) is 0. The molecule has 0 unspecified atom stereocenters. The Balaban J connectivity index is 4.45. The maximum atomic E-state index is 3.73. The summed E-state index contributed by atoms with van der Waals surface area (Å²) in [4.78, 5) is 0. The van der Waals surface area contributed by atoms with Crippen molar-refractivity contribution in [3.8, 4) is 0 Å². The van der Waals surface area contributed by atoms with Gasteiger partial charge < -0.3 is 0 Å². The van der Waals surface area contributed by atoms with Crippen LogP contribution in [0.25, 0.3) is 0 Å². The lowest BCUT2D eigenvalue weighted by Crippen LogP contribution is -2.09. The summed E-state index contributed by atoms with van der Waals surface area (Å²) in [6, 6.07) is 0. The molecule has 0 N–H and O–H groups in total. The number of allylic oxidation sites excluding steroid dienone is 2. The summed E-state index contributed by atoms with van der Waals surface area (Å²) in [5.41, 5.74) is 1.31. The van der Waals surface area contributed by atoms with Crippen molar-refractivity contribution < 1.29 is 0 Å². The first-order chi connectivity index (χ1) is 5.02. The van der Waals surface area contributed by atoms with Crippen molar-refractivity contribution in [2.24, 2.45) is 15.6 Å². The third kappa shape index (κ3) is 3.71. The monoisotopic (exact) mass is 152 g/mol. The Kier molecular flexibility index (Phi) is 3.72. The standard InChI is InChI=1S/C9H16N2/c1-6-8(7-11-10-5)9(2,3)4/h6-7H,5H2,1-4H3/b8-6+,11-7-. The number of hydrogen-bond donors (Lipinski definition) is 0. The first kappa shape index (κ1) is 10.1. The predicted octanol–water partition coefficient (Wildman–Crippen LogP) is 2.67. The molecular formula is C9H16N2. The largest absolute Gasteiger partial charge is 0.167 e. The molecule has 0 radical (unpaired) electrons. The van der Waals surface area contributed by atoms with Crippen LogP contribution in [-0.4, -0.2) is 12.9 Å². The minimum absolute atomic E-state index is 0.142. The first-order valence-electron chi connectivity index (χ1n) is 3.68. The molecule has 2 nitrogen and oxygen atoms in total. The number of nitrogens with zero attached hydrogens (tertiary/aromatic N) is 2. The molecular weight excluding hydrogens is 136 g/mol. The molecule has 11 heavy (non-hydrogen) atoms. The van der Waals surface area contributed by atoms with Gasteiger partial charge in [0.05, 0.1) is 6.21 Å². The van der Waals surface area contributed by atoms with Crippen LogP contribution in [0.4, 0.5) is 0 Å². The fourth-order valence-electron chi connectivity index (χ4n) is 0.804. The molecule has 0 amide bonds. The molecule has 0 rings (SSSR count). The van der Waals surface area contributed by atoms with E-state index in [1.807, 2.05) is 13.0 Å². The second kappa shape index (κ2) is 4.06. The van der Waals surface area contributed by atoms with Gasteiger partial charge >= 0.3 is 0 Å². The molecule has 0 bridgehead atoms. The van der Waals surface area contributed by atoms with Gasteiger partial charge in [-0.1, -0.05) is 26.8 Å². The summed E-state index contributed by atoms with van der Waals surface area (Å²) in [6.45, 7) is 11.7.